The summed E-state index contributed by atoms with van der Waals surface area (Å²) in [7, 11) is 2.81. The van der Waals surface area contributed by atoms with E-state index in [1.165, 1.54) is 87.0 Å². The van der Waals surface area contributed by atoms with Crippen molar-refractivity contribution in [3.8, 4) is 23.0 Å². The highest BCUT2D eigenvalue weighted by molar-refractivity contribution is 6.14. The van der Waals surface area contributed by atoms with Crippen LogP contribution in [0.4, 0.5) is 56.9 Å². The topological polar surface area (TPSA) is 311 Å². The summed E-state index contributed by atoms with van der Waals surface area (Å²) in [6, 6.07) is 50.8. The molecular weight excluding hydrogens is 1110 g/mol. The Balaban J connectivity index is 0.941. The number of carbonyl (C=O) groups excluding carboxylic acids is 4. The number of rotatable bonds is 18. The van der Waals surface area contributed by atoms with Crippen molar-refractivity contribution in [2.75, 3.05) is 35.5 Å². The number of hydrogen-bond acceptors (Lipinski definition) is 16. The van der Waals surface area contributed by atoms with Crippen LogP contribution in [0.1, 0.15) is 66.4 Å². The van der Waals surface area contributed by atoms with Gasteiger partial charge in [0.1, 0.15) is 45.6 Å². The maximum atomic E-state index is 14.4. The zero-order valence-corrected chi connectivity index (χ0v) is 46.6. The van der Waals surface area contributed by atoms with Crippen LogP contribution in [0.2, 0.25) is 0 Å². The molecule has 0 aliphatic rings. The van der Waals surface area contributed by atoms with Crippen molar-refractivity contribution in [3.05, 3.63) is 248 Å². The van der Waals surface area contributed by atoms with Crippen LogP contribution in [0.25, 0.3) is 21.5 Å². The quantitative estimate of drug-likeness (QED) is 0.0265. The lowest BCUT2D eigenvalue weighted by molar-refractivity contribution is -0.384. The van der Waals surface area contributed by atoms with Crippen LogP contribution in [0.15, 0.2) is 215 Å². The summed E-state index contributed by atoms with van der Waals surface area (Å²) in [6.07, 6.45) is 0. The molecule has 6 N–H and O–H groups in total. The summed E-state index contributed by atoms with van der Waals surface area (Å²) in [5, 5.41) is 78.7. The molecule has 22 nitrogen and oxygen atoms in total. The highest BCUT2D eigenvalue weighted by Crippen LogP contribution is 2.45. The van der Waals surface area contributed by atoms with E-state index >= 15 is 0 Å². The van der Waals surface area contributed by atoms with E-state index < -0.39 is 61.8 Å². The second-order valence-electron chi connectivity index (χ2n) is 20.0. The molecule has 0 unspecified atom stereocenters. The van der Waals surface area contributed by atoms with Gasteiger partial charge in [-0.1, -0.05) is 111 Å². The van der Waals surface area contributed by atoms with Gasteiger partial charge in [0.15, 0.2) is 11.5 Å². The first-order valence-corrected chi connectivity index (χ1v) is 26.5. The minimum Gasteiger partial charge on any atom is -0.505 e. The van der Waals surface area contributed by atoms with Crippen LogP contribution in [-0.4, -0.2) is 57.9 Å². The van der Waals surface area contributed by atoms with Gasteiger partial charge in [-0.2, -0.15) is 0 Å². The number of amides is 4. The summed E-state index contributed by atoms with van der Waals surface area (Å²) in [4.78, 5) is 79.0. The zero-order valence-electron chi connectivity index (χ0n) is 46.6. The van der Waals surface area contributed by atoms with Crippen LogP contribution < -0.4 is 30.7 Å². The lowest BCUT2D eigenvalue weighted by Gasteiger charge is -2.27. The molecule has 4 amide bonds. The molecule has 87 heavy (non-hydrogen) atoms. The van der Waals surface area contributed by atoms with Gasteiger partial charge in [-0.15, -0.1) is 20.5 Å². The number of benzene rings is 10. The third-order valence-electron chi connectivity index (χ3n) is 14.3. The summed E-state index contributed by atoms with van der Waals surface area (Å²) < 4.78 is 11.0. The molecular formula is C65H50N10O12. The lowest BCUT2D eigenvalue weighted by atomic mass is 9.77. The number of hydrogen-bond donors (Lipinski definition) is 6. The van der Waals surface area contributed by atoms with E-state index in [0.29, 0.717) is 44.0 Å². The van der Waals surface area contributed by atoms with E-state index in [0.717, 1.165) is 0 Å². The smallest absolute Gasteiger partial charge is 0.292 e. The number of nitro groups is 2. The Bertz CT molecular complexity index is 4200. The van der Waals surface area contributed by atoms with E-state index in [9.17, 15) is 49.6 Å². The number of para-hydroxylation sites is 2. The maximum absolute atomic E-state index is 14.4. The normalized spacial score (nSPS) is 11.4. The molecule has 0 spiro atoms. The minimum atomic E-state index is -1.18. The van der Waals surface area contributed by atoms with Gasteiger partial charge in [0.25, 0.3) is 35.0 Å². The van der Waals surface area contributed by atoms with Crippen LogP contribution >= 0.6 is 0 Å². The fraction of sp³-hybridized carbons (Fsp3) is 0.0769. The number of nitrogens with one attached hydrogen (secondary N) is 4. The van der Waals surface area contributed by atoms with Crippen molar-refractivity contribution in [2.24, 2.45) is 20.5 Å². The Hall–Kier alpha value is -12.2. The van der Waals surface area contributed by atoms with Gasteiger partial charge in [0.2, 0.25) is 0 Å². The monoisotopic (exact) mass is 1160 g/mol. The highest BCUT2D eigenvalue weighted by atomic mass is 16.6. The first-order chi connectivity index (χ1) is 41.9. The summed E-state index contributed by atoms with van der Waals surface area (Å²) >= 11 is 0. The van der Waals surface area contributed by atoms with E-state index in [2.05, 4.69) is 41.7 Å². The number of carbonyl (C=O) groups is 4. The molecule has 0 aromatic heterocycles. The molecule has 0 saturated heterocycles. The van der Waals surface area contributed by atoms with Gasteiger partial charge in [0, 0.05) is 50.8 Å². The van der Waals surface area contributed by atoms with Crippen molar-refractivity contribution in [1.29, 1.82) is 0 Å². The Labute approximate surface area is 494 Å². The number of aromatic hydroxyl groups is 2. The molecule has 0 aliphatic heterocycles. The van der Waals surface area contributed by atoms with Gasteiger partial charge in [-0.25, -0.2) is 0 Å². The van der Waals surface area contributed by atoms with Crippen molar-refractivity contribution >= 4 is 102 Å². The van der Waals surface area contributed by atoms with Crippen molar-refractivity contribution in [1.82, 2.24) is 0 Å². The number of phenolic OH excluding ortho intramolecular Hbond substituents is 2. The average Bonchev–Trinajstić information content (AvgIpc) is 1.84. The SMILES string of the molecule is COc1ccc(C(=O)Nc2ccccc2)cc1N=Nc1c(O)c(C(=O)Nc2cc(C(C)(C)c3ccc([N+](=O)[O-])c(NC(=O)c4cc5ccccc5c(N=Nc5cc(C(=O)Nc6ccccc6)ccc5OC)c4O)c3)ccc2[N+](=O)[O-])cc2ccccc12. The Morgan fingerprint density at radius 3 is 1.21 bits per heavy atom. The van der Waals surface area contributed by atoms with E-state index in [-0.39, 0.29) is 67.9 Å². The van der Waals surface area contributed by atoms with Gasteiger partial charge >= 0.3 is 0 Å². The van der Waals surface area contributed by atoms with Crippen molar-refractivity contribution in [2.45, 2.75) is 19.3 Å². The van der Waals surface area contributed by atoms with Crippen molar-refractivity contribution < 1.29 is 48.7 Å². The number of nitrogens with zero attached hydrogens (tertiary/aromatic N) is 6. The van der Waals surface area contributed by atoms with E-state index in [1.54, 1.807) is 123 Å². The van der Waals surface area contributed by atoms with E-state index in [1.807, 2.05) is 12.1 Å². The second kappa shape index (κ2) is 24.7. The Morgan fingerprint density at radius 2 is 0.828 bits per heavy atom. The standard InChI is InChI=1S/C65H50N10O12/c1-65(2,41-25-27-53(74(82)83)49(35-41)68-63(80)47-31-37-15-11-13-21-45(37)57(59(47)76)72-70-51-33-39(23-29-55(51)86-3)61(78)66-43-17-7-5-8-18-43)42-26-28-54(75(84)85)50(36-42)69-64(81)48-32-38-16-12-14-22-46(38)58(60(48)77)73-71-52-34-40(24-30-56(52)87-4)62(79)67-44-19-9-6-10-20-44/h5-36,76-77H,1-4H3,(H,66,78)(H,67,79)(H,68,80)(H,69,81). The predicted molar refractivity (Wildman–Crippen MR) is 329 cm³/mol. The number of ether oxygens (including phenoxy) is 2. The first kappa shape index (κ1) is 58.0. The molecule has 0 heterocycles. The first-order valence-electron chi connectivity index (χ1n) is 26.5. The summed E-state index contributed by atoms with van der Waals surface area (Å²) in [5.41, 5.74) is -1.22. The molecule has 22 heteroatoms. The molecule has 0 fully saturated rings. The molecule has 10 rings (SSSR count). The lowest BCUT2D eigenvalue weighted by Crippen LogP contribution is -2.21. The fourth-order valence-corrected chi connectivity index (χ4v) is 9.57. The van der Waals surface area contributed by atoms with E-state index in [4.69, 9.17) is 9.47 Å². The number of methoxy groups -OCH3 is 2. The second-order valence-corrected chi connectivity index (χ2v) is 20.0. The number of anilines is 4. The number of fused-ring (bicyclic) bond motifs is 2. The molecule has 432 valence electrons. The molecule has 0 atom stereocenters. The van der Waals surface area contributed by atoms with Crippen LogP contribution in [0, 0.1) is 20.2 Å². The third kappa shape index (κ3) is 12.3. The van der Waals surface area contributed by atoms with Gasteiger partial charge < -0.3 is 41.0 Å². The summed E-state index contributed by atoms with van der Waals surface area (Å²) in [6.45, 7) is 3.43. The molecule has 10 aromatic rings. The number of azo groups is 2. The van der Waals surface area contributed by atoms with Crippen LogP contribution in [0.5, 0.6) is 23.0 Å². The number of nitro benzene ring substituents is 2. The summed E-state index contributed by atoms with van der Waals surface area (Å²) in [5.74, 6) is -3.60. The fourth-order valence-electron chi connectivity index (χ4n) is 9.57. The van der Waals surface area contributed by atoms with Crippen LogP contribution in [0.3, 0.4) is 0 Å². The number of phenols is 2. The molecule has 10 aromatic carbocycles. The molecule has 0 aliphatic carbocycles. The van der Waals surface area contributed by atoms with Crippen LogP contribution in [-0.2, 0) is 5.41 Å². The Morgan fingerprint density at radius 1 is 0.448 bits per heavy atom. The predicted octanol–water partition coefficient (Wildman–Crippen LogP) is 15.4. The van der Waals surface area contributed by atoms with Gasteiger partial charge in [-0.05, 0) is 107 Å². The molecule has 0 saturated carbocycles. The van der Waals surface area contributed by atoms with Gasteiger partial charge in [-0.3, -0.25) is 39.4 Å². The molecule has 0 radical (unpaired) electrons. The zero-order chi connectivity index (χ0) is 61.5. The highest BCUT2D eigenvalue weighted by Gasteiger charge is 2.31. The van der Waals surface area contributed by atoms with Gasteiger partial charge in [0.05, 0.1) is 35.2 Å². The molecule has 0 bridgehead atoms. The Kier molecular flexibility index (Phi) is 16.5. The van der Waals surface area contributed by atoms with Crippen molar-refractivity contribution in [3.63, 3.8) is 0 Å². The average molecular weight is 1160 g/mol. The largest absolute Gasteiger partial charge is 0.505 e. The third-order valence-corrected chi connectivity index (χ3v) is 14.3. The maximum Gasteiger partial charge on any atom is 0.292 e. The minimum absolute atomic E-state index is 0.112.